The van der Waals surface area contributed by atoms with Crippen LogP contribution in [-0.4, -0.2) is 5.33 Å². The van der Waals surface area contributed by atoms with Gasteiger partial charge >= 0.3 is 0 Å². The van der Waals surface area contributed by atoms with Gasteiger partial charge in [0, 0.05) is 5.33 Å². The first kappa shape index (κ1) is 6.21. The summed E-state index contributed by atoms with van der Waals surface area (Å²) in [6, 6.07) is 0. The second kappa shape index (κ2) is 2.26. The maximum absolute atomic E-state index is 3.57. The van der Waals surface area contributed by atoms with Crippen LogP contribution in [0.15, 0.2) is 0 Å². The zero-order valence-electron chi connectivity index (χ0n) is 5.65. The first-order valence-electron chi connectivity index (χ1n) is 3.99. The molecular formula is C8H13Br. The van der Waals surface area contributed by atoms with Crippen molar-refractivity contribution in [2.75, 3.05) is 5.33 Å². The lowest BCUT2D eigenvalue weighted by atomic mass is 10.0. The van der Waals surface area contributed by atoms with Crippen molar-refractivity contribution in [3.05, 3.63) is 0 Å². The molecule has 0 nitrogen and oxygen atoms in total. The summed E-state index contributed by atoms with van der Waals surface area (Å²) < 4.78 is 0. The Bertz CT molecular complexity index is 92.4. The second-order valence-corrected chi connectivity index (χ2v) is 4.08. The van der Waals surface area contributed by atoms with Crippen LogP contribution in [-0.2, 0) is 0 Å². The highest BCUT2D eigenvalue weighted by molar-refractivity contribution is 9.09. The fourth-order valence-electron chi connectivity index (χ4n) is 2.37. The van der Waals surface area contributed by atoms with Crippen LogP contribution in [0.1, 0.15) is 25.7 Å². The molecule has 2 fully saturated rings. The maximum atomic E-state index is 3.57. The topological polar surface area (TPSA) is 0 Å². The van der Waals surface area contributed by atoms with Gasteiger partial charge in [0.25, 0.3) is 0 Å². The van der Waals surface area contributed by atoms with Gasteiger partial charge in [0.05, 0.1) is 0 Å². The lowest BCUT2D eigenvalue weighted by Gasteiger charge is -2.04. The van der Waals surface area contributed by atoms with Gasteiger partial charge in [0.15, 0.2) is 0 Å². The molecular weight excluding hydrogens is 176 g/mol. The Morgan fingerprint density at radius 2 is 1.67 bits per heavy atom. The molecule has 2 saturated carbocycles. The standard InChI is InChI=1S/C8H13Br/c9-5-8-6-3-1-2-4-7(6)8/h6-8H,1-5H2/t6-,7-/m1/s1. The van der Waals surface area contributed by atoms with Crippen LogP contribution in [0.4, 0.5) is 0 Å². The molecule has 0 heterocycles. The van der Waals surface area contributed by atoms with E-state index < -0.39 is 0 Å². The van der Waals surface area contributed by atoms with E-state index in [1.165, 1.54) is 31.0 Å². The largest absolute Gasteiger partial charge is 0.0925 e. The molecule has 1 heteroatoms. The number of fused-ring (bicyclic) bond motifs is 1. The number of hydrogen-bond donors (Lipinski definition) is 0. The van der Waals surface area contributed by atoms with Crippen LogP contribution in [0.2, 0.25) is 0 Å². The minimum absolute atomic E-state index is 1.08. The summed E-state index contributed by atoms with van der Waals surface area (Å²) in [6.45, 7) is 0. The normalized spacial score (nSPS) is 48.3. The molecule has 0 aliphatic heterocycles. The summed E-state index contributed by atoms with van der Waals surface area (Å²) in [5, 5.41) is 1.27. The maximum Gasteiger partial charge on any atom is 0.00651 e. The van der Waals surface area contributed by atoms with E-state index in [0.717, 1.165) is 17.8 Å². The van der Waals surface area contributed by atoms with E-state index >= 15 is 0 Å². The van der Waals surface area contributed by atoms with Gasteiger partial charge in [0.2, 0.25) is 0 Å². The summed E-state index contributed by atoms with van der Waals surface area (Å²) in [5.74, 6) is 3.35. The highest BCUT2D eigenvalue weighted by Gasteiger charge is 2.49. The molecule has 2 atom stereocenters. The van der Waals surface area contributed by atoms with Gasteiger partial charge in [-0.1, -0.05) is 28.8 Å². The molecule has 0 unspecified atom stereocenters. The van der Waals surface area contributed by atoms with Gasteiger partial charge in [-0.15, -0.1) is 0 Å². The lowest BCUT2D eigenvalue weighted by molar-refractivity contribution is 0.480. The number of alkyl halides is 1. The Morgan fingerprint density at radius 1 is 1.11 bits per heavy atom. The molecule has 52 valence electrons. The van der Waals surface area contributed by atoms with Gasteiger partial charge in [-0.2, -0.15) is 0 Å². The zero-order valence-corrected chi connectivity index (χ0v) is 7.23. The molecule has 0 saturated heterocycles. The molecule has 0 aromatic carbocycles. The van der Waals surface area contributed by atoms with Crippen LogP contribution in [0.25, 0.3) is 0 Å². The van der Waals surface area contributed by atoms with Crippen LogP contribution in [0, 0.1) is 17.8 Å². The van der Waals surface area contributed by atoms with E-state index in [4.69, 9.17) is 0 Å². The Hall–Kier alpha value is 0.480. The van der Waals surface area contributed by atoms with E-state index in [0.29, 0.717) is 0 Å². The quantitative estimate of drug-likeness (QED) is 0.556. The number of halogens is 1. The smallest absolute Gasteiger partial charge is 0.00651 e. The van der Waals surface area contributed by atoms with Gasteiger partial charge in [-0.05, 0) is 30.6 Å². The third kappa shape index (κ3) is 0.938. The average Bonchev–Trinajstić information content (AvgIpc) is 2.60. The molecule has 0 N–H and O–H groups in total. The van der Waals surface area contributed by atoms with Gasteiger partial charge in [-0.3, -0.25) is 0 Å². The van der Waals surface area contributed by atoms with Crippen LogP contribution < -0.4 is 0 Å². The van der Waals surface area contributed by atoms with E-state index in [1.807, 2.05) is 0 Å². The molecule has 0 spiro atoms. The first-order valence-corrected chi connectivity index (χ1v) is 5.11. The highest BCUT2D eigenvalue weighted by Crippen LogP contribution is 2.55. The summed E-state index contributed by atoms with van der Waals surface area (Å²) in [7, 11) is 0. The second-order valence-electron chi connectivity index (χ2n) is 3.43. The van der Waals surface area contributed by atoms with Gasteiger partial charge in [0.1, 0.15) is 0 Å². The Kier molecular flexibility index (Phi) is 1.56. The number of hydrogen-bond acceptors (Lipinski definition) is 0. The van der Waals surface area contributed by atoms with Crippen molar-refractivity contribution in [2.24, 2.45) is 17.8 Å². The van der Waals surface area contributed by atoms with E-state index in [9.17, 15) is 0 Å². The molecule has 2 aliphatic carbocycles. The summed E-state index contributed by atoms with van der Waals surface area (Å²) >= 11 is 3.57. The molecule has 0 amide bonds. The summed E-state index contributed by atoms with van der Waals surface area (Å²) in [4.78, 5) is 0. The Morgan fingerprint density at radius 3 is 2.11 bits per heavy atom. The van der Waals surface area contributed by atoms with Crippen LogP contribution >= 0.6 is 15.9 Å². The summed E-state index contributed by atoms with van der Waals surface area (Å²) in [5.41, 5.74) is 0. The van der Waals surface area contributed by atoms with Gasteiger partial charge < -0.3 is 0 Å². The van der Waals surface area contributed by atoms with Crippen molar-refractivity contribution in [1.29, 1.82) is 0 Å². The Labute approximate surface area is 65.1 Å². The van der Waals surface area contributed by atoms with Crippen molar-refractivity contribution >= 4 is 15.9 Å². The number of rotatable bonds is 1. The molecule has 9 heavy (non-hydrogen) atoms. The van der Waals surface area contributed by atoms with E-state index in [-0.39, 0.29) is 0 Å². The monoisotopic (exact) mass is 188 g/mol. The lowest BCUT2D eigenvalue weighted by Crippen LogP contribution is -1.91. The van der Waals surface area contributed by atoms with E-state index in [2.05, 4.69) is 15.9 Å². The molecule has 0 aromatic heterocycles. The average molecular weight is 189 g/mol. The molecule has 2 rings (SSSR count). The van der Waals surface area contributed by atoms with Crippen molar-refractivity contribution < 1.29 is 0 Å². The third-order valence-corrected chi connectivity index (χ3v) is 3.76. The van der Waals surface area contributed by atoms with Gasteiger partial charge in [-0.25, -0.2) is 0 Å². The minimum Gasteiger partial charge on any atom is -0.0925 e. The van der Waals surface area contributed by atoms with Crippen LogP contribution in [0.5, 0.6) is 0 Å². The molecule has 2 aliphatic rings. The van der Waals surface area contributed by atoms with Crippen molar-refractivity contribution in [3.8, 4) is 0 Å². The SMILES string of the molecule is BrCC1[C@@H]2CCCC[C@@H]12. The summed E-state index contributed by atoms with van der Waals surface area (Å²) in [6.07, 6.45) is 6.07. The van der Waals surface area contributed by atoms with Crippen molar-refractivity contribution in [3.63, 3.8) is 0 Å². The minimum atomic E-state index is 1.08. The molecule has 0 aromatic rings. The van der Waals surface area contributed by atoms with E-state index in [1.54, 1.807) is 0 Å². The van der Waals surface area contributed by atoms with Crippen molar-refractivity contribution in [1.82, 2.24) is 0 Å². The van der Waals surface area contributed by atoms with Crippen LogP contribution in [0.3, 0.4) is 0 Å². The molecule has 0 radical (unpaired) electrons. The Balaban J connectivity index is 1.91. The highest BCUT2D eigenvalue weighted by atomic mass is 79.9. The third-order valence-electron chi connectivity index (χ3n) is 3.01. The predicted molar refractivity (Wildman–Crippen MR) is 42.7 cm³/mol. The first-order chi connectivity index (χ1) is 4.43. The fourth-order valence-corrected chi connectivity index (χ4v) is 3.33. The molecule has 0 bridgehead atoms. The fraction of sp³-hybridized carbons (Fsp3) is 1.00. The predicted octanol–water partition coefficient (Wildman–Crippen LogP) is 2.82. The zero-order chi connectivity index (χ0) is 6.27. The van der Waals surface area contributed by atoms with Crippen molar-refractivity contribution in [2.45, 2.75) is 25.7 Å².